The van der Waals surface area contributed by atoms with Crippen LogP contribution in [0.25, 0.3) is 0 Å². The quantitative estimate of drug-likeness (QED) is 0.853. The zero-order valence-corrected chi connectivity index (χ0v) is 11.6. The molecular formula is C16H24N2O. The Hall–Kier alpha value is -1.35. The molecule has 3 atom stereocenters. The minimum atomic E-state index is -0.224. The highest BCUT2D eigenvalue weighted by molar-refractivity contribution is 5.83. The van der Waals surface area contributed by atoms with Crippen LogP contribution in [0.1, 0.15) is 37.7 Å². The van der Waals surface area contributed by atoms with Gasteiger partial charge in [0.05, 0.1) is 5.92 Å². The van der Waals surface area contributed by atoms with E-state index >= 15 is 0 Å². The molecule has 0 radical (unpaired) electrons. The second-order valence-electron chi connectivity index (χ2n) is 5.61. The number of carbonyl (C=O) groups is 1. The molecule has 1 fully saturated rings. The molecule has 3 heteroatoms. The molecule has 1 aromatic rings. The summed E-state index contributed by atoms with van der Waals surface area (Å²) in [6.45, 7) is 3.43. The first-order chi connectivity index (χ1) is 9.22. The summed E-state index contributed by atoms with van der Waals surface area (Å²) in [5.41, 5.74) is 6.76. The smallest absolute Gasteiger partial charge is 0.228 e. The van der Waals surface area contributed by atoms with Crippen LogP contribution in [0.2, 0.25) is 0 Å². The Morgan fingerprint density at radius 1 is 1.37 bits per heavy atom. The van der Waals surface area contributed by atoms with Crippen molar-refractivity contribution >= 4 is 5.91 Å². The number of nitrogens with two attached hydrogens (primary N) is 1. The lowest BCUT2D eigenvalue weighted by molar-refractivity contribution is -0.122. The highest BCUT2D eigenvalue weighted by atomic mass is 16.1. The lowest BCUT2D eigenvalue weighted by atomic mass is 9.96. The SMILES string of the molecule is CC1CCCC1CNC(=O)C(CN)c1ccccc1. The van der Waals surface area contributed by atoms with E-state index in [9.17, 15) is 4.79 Å². The van der Waals surface area contributed by atoms with Gasteiger partial charge < -0.3 is 11.1 Å². The number of nitrogens with one attached hydrogen (secondary N) is 1. The van der Waals surface area contributed by atoms with Crippen molar-refractivity contribution in [1.82, 2.24) is 5.32 Å². The molecule has 1 saturated carbocycles. The van der Waals surface area contributed by atoms with Gasteiger partial charge in [0.15, 0.2) is 0 Å². The Bertz CT molecular complexity index is 404. The zero-order chi connectivity index (χ0) is 13.7. The number of rotatable bonds is 5. The summed E-state index contributed by atoms with van der Waals surface area (Å²) in [6, 6.07) is 9.79. The van der Waals surface area contributed by atoms with Crippen LogP contribution in [0.15, 0.2) is 30.3 Å². The van der Waals surface area contributed by atoms with Crippen molar-refractivity contribution in [2.24, 2.45) is 17.6 Å². The van der Waals surface area contributed by atoms with Crippen LogP contribution >= 0.6 is 0 Å². The first-order valence-electron chi connectivity index (χ1n) is 7.25. The summed E-state index contributed by atoms with van der Waals surface area (Å²) in [7, 11) is 0. The Labute approximate surface area is 115 Å². The van der Waals surface area contributed by atoms with Crippen LogP contribution in [0.5, 0.6) is 0 Å². The standard InChI is InChI=1S/C16H24N2O/c1-12-6-5-9-14(12)11-18-16(19)15(10-17)13-7-3-2-4-8-13/h2-4,7-8,12,14-15H,5-6,9-11,17H2,1H3,(H,18,19). The fourth-order valence-corrected chi connectivity index (χ4v) is 2.96. The summed E-state index contributed by atoms with van der Waals surface area (Å²) in [5, 5.41) is 3.09. The molecule has 0 aromatic heterocycles. The maximum Gasteiger partial charge on any atom is 0.228 e. The third kappa shape index (κ3) is 3.57. The Morgan fingerprint density at radius 3 is 2.68 bits per heavy atom. The molecule has 2 rings (SSSR count). The van der Waals surface area contributed by atoms with Crippen LogP contribution < -0.4 is 11.1 Å². The molecule has 0 spiro atoms. The van der Waals surface area contributed by atoms with Gasteiger partial charge in [0.1, 0.15) is 0 Å². The van der Waals surface area contributed by atoms with Crippen molar-refractivity contribution in [3.8, 4) is 0 Å². The van der Waals surface area contributed by atoms with Gasteiger partial charge in [-0.1, -0.05) is 50.1 Å². The average molecular weight is 260 g/mol. The normalized spacial score (nSPS) is 24.1. The third-order valence-electron chi connectivity index (χ3n) is 4.33. The summed E-state index contributed by atoms with van der Waals surface area (Å²) in [5.74, 6) is 1.21. The van der Waals surface area contributed by atoms with Crippen molar-refractivity contribution in [1.29, 1.82) is 0 Å². The van der Waals surface area contributed by atoms with Gasteiger partial charge in [-0.05, 0) is 23.8 Å². The van der Waals surface area contributed by atoms with E-state index in [0.29, 0.717) is 12.5 Å². The molecule has 3 N–H and O–H groups in total. The summed E-state index contributed by atoms with van der Waals surface area (Å²) in [4.78, 5) is 12.2. The molecule has 0 heterocycles. The largest absolute Gasteiger partial charge is 0.355 e. The van der Waals surface area contributed by atoms with Crippen LogP contribution in [-0.4, -0.2) is 19.0 Å². The van der Waals surface area contributed by atoms with Crippen LogP contribution in [-0.2, 0) is 4.79 Å². The van der Waals surface area contributed by atoms with Gasteiger partial charge in [-0.15, -0.1) is 0 Å². The van der Waals surface area contributed by atoms with Gasteiger partial charge >= 0.3 is 0 Å². The second kappa shape index (κ2) is 6.71. The number of hydrogen-bond donors (Lipinski definition) is 2. The lowest BCUT2D eigenvalue weighted by Crippen LogP contribution is -2.36. The molecule has 0 saturated heterocycles. The van der Waals surface area contributed by atoms with E-state index in [0.717, 1.165) is 18.0 Å². The Kier molecular flexibility index (Phi) is 4.97. The molecule has 3 nitrogen and oxygen atoms in total. The van der Waals surface area contributed by atoms with E-state index in [1.165, 1.54) is 19.3 Å². The van der Waals surface area contributed by atoms with Crippen LogP contribution in [0.3, 0.4) is 0 Å². The second-order valence-corrected chi connectivity index (χ2v) is 5.61. The minimum Gasteiger partial charge on any atom is -0.355 e. The topological polar surface area (TPSA) is 55.1 Å². The first-order valence-corrected chi connectivity index (χ1v) is 7.25. The van der Waals surface area contributed by atoms with Crippen molar-refractivity contribution in [2.45, 2.75) is 32.1 Å². The number of carbonyl (C=O) groups excluding carboxylic acids is 1. The van der Waals surface area contributed by atoms with Crippen molar-refractivity contribution < 1.29 is 4.79 Å². The summed E-state index contributed by atoms with van der Waals surface area (Å²) >= 11 is 0. The molecule has 1 aliphatic carbocycles. The predicted octanol–water partition coefficient (Wildman–Crippen LogP) is 2.28. The van der Waals surface area contributed by atoms with Crippen molar-refractivity contribution in [3.63, 3.8) is 0 Å². The highest BCUT2D eigenvalue weighted by Crippen LogP contribution is 2.30. The Morgan fingerprint density at radius 2 is 2.11 bits per heavy atom. The van der Waals surface area contributed by atoms with Crippen LogP contribution in [0, 0.1) is 11.8 Å². The zero-order valence-electron chi connectivity index (χ0n) is 11.6. The Balaban J connectivity index is 1.90. The molecule has 1 aromatic carbocycles. The van der Waals surface area contributed by atoms with Crippen LogP contribution in [0.4, 0.5) is 0 Å². The number of hydrogen-bond acceptors (Lipinski definition) is 2. The number of benzene rings is 1. The predicted molar refractivity (Wildman–Crippen MR) is 77.8 cm³/mol. The van der Waals surface area contributed by atoms with Crippen molar-refractivity contribution in [3.05, 3.63) is 35.9 Å². The van der Waals surface area contributed by atoms with E-state index < -0.39 is 0 Å². The molecular weight excluding hydrogens is 236 g/mol. The van der Waals surface area contributed by atoms with E-state index in [4.69, 9.17) is 5.73 Å². The van der Waals surface area contributed by atoms with E-state index in [2.05, 4.69) is 12.2 Å². The fourth-order valence-electron chi connectivity index (χ4n) is 2.96. The number of amides is 1. The lowest BCUT2D eigenvalue weighted by Gasteiger charge is -2.19. The van der Waals surface area contributed by atoms with Gasteiger partial charge in [0.2, 0.25) is 5.91 Å². The van der Waals surface area contributed by atoms with Gasteiger partial charge in [0, 0.05) is 13.1 Å². The summed E-state index contributed by atoms with van der Waals surface area (Å²) in [6.07, 6.45) is 3.82. The first kappa shape index (κ1) is 14.1. The van der Waals surface area contributed by atoms with Gasteiger partial charge in [0.25, 0.3) is 0 Å². The maximum atomic E-state index is 12.2. The molecule has 0 bridgehead atoms. The molecule has 0 aliphatic heterocycles. The monoisotopic (exact) mass is 260 g/mol. The molecule has 104 valence electrons. The maximum absolute atomic E-state index is 12.2. The molecule has 1 amide bonds. The molecule has 3 unspecified atom stereocenters. The van der Waals surface area contributed by atoms with Crippen molar-refractivity contribution in [2.75, 3.05) is 13.1 Å². The average Bonchev–Trinajstić information content (AvgIpc) is 2.84. The van der Waals surface area contributed by atoms with Gasteiger partial charge in [-0.25, -0.2) is 0 Å². The fraction of sp³-hybridized carbons (Fsp3) is 0.562. The van der Waals surface area contributed by atoms with Gasteiger partial charge in [-0.2, -0.15) is 0 Å². The highest BCUT2D eigenvalue weighted by Gasteiger charge is 2.25. The minimum absolute atomic E-state index is 0.0628. The van der Waals surface area contributed by atoms with E-state index in [1.807, 2.05) is 30.3 Å². The summed E-state index contributed by atoms with van der Waals surface area (Å²) < 4.78 is 0. The van der Waals surface area contributed by atoms with Gasteiger partial charge in [-0.3, -0.25) is 4.79 Å². The molecule has 19 heavy (non-hydrogen) atoms. The molecule has 1 aliphatic rings. The van der Waals surface area contributed by atoms with E-state index in [-0.39, 0.29) is 11.8 Å². The third-order valence-corrected chi connectivity index (χ3v) is 4.33. The van der Waals surface area contributed by atoms with E-state index in [1.54, 1.807) is 0 Å².